The fourth-order valence-electron chi connectivity index (χ4n) is 3.97. The number of nitrogens with zero attached hydrogens (tertiary/aromatic N) is 1. The zero-order chi connectivity index (χ0) is 19.8. The van der Waals surface area contributed by atoms with E-state index < -0.39 is 0 Å². The summed E-state index contributed by atoms with van der Waals surface area (Å²) >= 11 is 1.62. The number of amides is 1. The number of anilines is 2. The fourth-order valence-corrected chi connectivity index (χ4v) is 5.18. The summed E-state index contributed by atoms with van der Waals surface area (Å²) in [7, 11) is 0. The molecule has 4 nitrogen and oxygen atoms in total. The van der Waals surface area contributed by atoms with Crippen molar-refractivity contribution in [2.45, 2.75) is 25.7 Å². The van der Waals surface area contributed by atoms with Crippen LogP contribution in [0.25, 0.3) is 22.2 Å². The van der Waals surface area contributed by atoms with Crippen molar-refractivity contribution in [1.29, 1.82) is 0 Å². The number of aryl methyl sites for hydroxylation is 1. The zero-order valence-electron chi connectivity index (χ0n) is 15.9. The highest BCUT2D eigenvalue weighted by Gasteiger charge is 2.21. The molecule has 1 aliphatic carbocycles. The second-order valence-electron chi connectivity index (χ2n) is 7.35. The third-order valence-corrected chi connectivity index (χ3v) is 6.69. The third kappa shape index (κ3) is 3.28. The van der Waals surface area contributed by atoms with Gasteiger partial charge in [-0.25, -0.2) is 4.98 Å². The number of carbonyl (C=O) groups excluding carboxylic acids is 1. The van der Waals surface area contributed by atoms with Gasteiger partial charge in [-0.15, -0.1) is 11.3 Å². The zero-order valence-corrected chi connectivity index (χ0v) is 16.8. The molecule has 2 heterocycles. The minimum atomic E-state index is -0.147. The highest BCUT2D eigenvalue weighted by atomic mass is 32.1. The lowest BCUT2D eigenvalue weighted by Crippen LogP contribution is -2.13. The molecule has 0 fully saturated rings. The monoisotopic (exact) mass is 399 g/mol. The molecular weight excluding hydrogens is 378 g/mol. The van der Waals surface area contributed by atoms with Crippen LogP contribution in [0.15, 0.2) is 60.7 Å². The van der Waals surface area contributed by atoms with Crippen molar-refractivity contribution in [3.63, 3.8) is 0 Å². The molecule has 0 bridgehead atoms. The van der Waals surface area contributed by atoms with Crippen molar-refractivity contribution in [1.82, 2.24) is 4.98 Å². The smallest absolute Gasteiger partial charge is 0.257 e. The molecule has 3 N–H and O–H groups in total. The number of fused-ring (bicyclic) bond motifs is 2. The van der Waals surface area contributed by atoms with Gasteiger partial charge < -0.3 is 11.1 Å². The standard InChI is InChI=1S/C24H21N3OS/c25-22-17-11-5-7-13-21(17)29-24(22)27-23(28)18-14-20(15-8-2-1-3-9-15)26-19-12-6-4-10-16(18)19/h1-4,6,8-10,12,14H,5,7,11,13,25H2,(H,27,28). The summed E-state index contributed by atoms with van der Waals surface area (Å²) in [5.41, 5.74) is 11.5. The van der Waals surface area contributed by atoms with Crippen LogP contribution in [0.2, 0.25) is 0 Å². The van der Waals surface area contributed by atoms with Gasteiger partial charge in [0.25, 0.3) is 5.91 Å². The summed E-state index contributed by atoms with van der Waals surface area (Å²) < 4.78 is 0. The molecule has 144 valence electrons. The van der Waals surface area contributed by atoms with Gasteiger partial charge in [0.15, 0.2) is 0 Å². The number of nitrogens with one attached hydrogen (secondary N) is 1. The normalized spacial score (nSPS) is 13.2. The Bertz CT molecular complexity index is 1210. The number of para-hydroxylation sites is 1. The van der Waals surface area contributed by atoms with Crippen molar-refractivity contribution in [2.24, 2.45) is 0 Å². The number of hydrogen-bond donors (Lipinski definition) is 2. The first-order valence-corrected chi connectivity index (χ1v) is 10.7. The Morgan fingerprint density at radius 2 is 1.76 bits per heavy atom. The lowest BCUT2D eigenvalue weighted by Gasteiger charge is -2.11. The average Bonchev–Trinajstić information content (AvgIpc) is 3.09. The van der Waals surface area contributed by atoms with Crippen LogP contribution in [0.1, 0.15) is 33.6 Å². The Morgan fingerprint density at radius 3 is 2.59 bits per heavy atom. The molecule has 2 aromatic carbocycles. The number of hydrogen-bond acceptors (Lipinski definition) is 4. The number of pyridine rings is 1. The average molecular weight is 400 g/mol. The molecule has 0 radical (unpaired) electrons. The van der Waals surface area contributed by atoms with Gasteiger partial charge in [0.1, 0.15) is 5.00 Å². The lowest BCUT2D eigenvalue weighted by molar-refractivity contribution is 0.102. The third-order valence-electron chi connectivity index (χ3n) is 5.47. The second kappa shape index (κ2) is 7.33. The Kier molecular flexibility index (Phi) is 4.52. The molecule has 29 heavy (non-hydrogen) atoms. The van der Waals surface area contributed by atoms with Gasteiger partial charge in [0.05, 0.1) is 22.5 Å². The van der Waals surface area contributed by atoms with Crippen LogP contribution in [0.3, 0.4) is 0 Å². The van der Waals surface area contributed by atoms with Gasteiger partial charge >= 0.3 is 0 Å². The van der Waals surface area contributed by atoms with E-state index in [2.05, 4.69) is 5.32 Å². The minimum Gasteiger partial charge on any atom is -0.396 e. The quantitative estimate of drug-likeness (QED) is 0.466. The van der Waals surface area contributed by atoms with Gasteiger partial charge in [-0.05, 0) is 43.4 Å². The number of aromatic nitrogens is 1. The maximum Gasteiger partial charge on any atom is 0.257 e. The molecule has 0 atom stereocenters. The Morgan fingerprint density at radius 1 is 1.00 bits per heavy atom. The first-order chi connectivity index (χ1) is 14.2. The lowest BCUT2D eigenvalue weighted by atomic mass is 9.98. The van der Waals surface area contributed by atoms with Crippen molar-refractivity contribution in [3.8, 4) is 11.3 Å². The van der Waals surface area contributed by atoms with Gasteiger partial charge in [-0.3, -0.25) is 4.79 Å². The SMILES string of the molecule is Nc1c(NC(=O)c2cc(-c3ccccc3)nc3ccccc23)sc2c1CCCC2. The van der Waals surface area contributed by atoms with E-state index >= 15 is 0 Å². The molecule has 0 aliphatic heterocycles. The van der Waals surface area contributed by atoms with Gasteiger partial charge in [0.2, 0.25) is 0 Å². The van der Waals surface area contributed by atoms with E-state index in [1.807, 2.05) is 60.7 Å². The number of nitrogens with two attached hydrogens (primary N) is 1. The van der Waals surface area contributed by atoms with Gasteiger partial charge in [-0.1, -0.05) is 48.5 Å². The van der Waals surface area contributed by atoms with E-state index in [0.717, 1.165) is 52.1 Å². The van der Waals surface area contributed by atoms with Crippen molar-refractivity contribution in [2.75, 3.05) is 11.1 Å². The second-order valence-corrected chi connectivity index (χ2v) is 8.45. The van der Waals surface area contributed by atoms with Crippen LogP contribution in [0, 0.1) is 0 Å². The molecule has 0 unspecified atom stereocenters. The van der Waals surface area contributed by atoms with E-state index in [1.54, 1.807) is 11.3 Å². The predicted octanol–water partition coefficient (Wildman–Crippen LogP) is 5.68. The summed E-state index contributed by atoms with van der Waals surface area (Å²) in [6.07, 6.45) is 4.41. The van der Waals surface area contributed by atoms with E-state index in [1.165, 1.54) is 16.9 Å². The van der Waals surface area contributed by atoms with Gasteiger partial charge in [-0.2, -0.15) is 0 Å². The maximum atomic E-state index is 13.3. The largest absolute Gasteiger partial charge is 0.396 e. The predicted molar refractivity (Wildman–Crippen MR) is 121 cm³/mol. The number of rotatable bonds is 3. The van der Waals surface area contributed by atoms with Crippen molar-refractivity contribution >= 4 is 38.8 Å². The number of carbonyl (C=O) groups is 1. The topological polar surface area (TPSA) is 68.0 Å². The first-order valence-electron chi connectivity index (χ1n) is 9.87. The molecule has 1 amide bonds. The van der Waals surface area contributed by atoms with Crippen LogP contribution in [-0.4, -0.2) is 10.9 Å². The molecule has 1 aliphatic rings. The number of benzene rings is 2. The molecule has 4 aromatic rings. The van der Waals surface area contributed by atoms with E-state index in [4.69, 9.17) is 10.7 Å². The van der Waals surface area contributed by atoms with Crippen LogP contribution >= 0.6 is 11.3 Å². The number of nitrogen functional groups attached to an aromatic ring is 1. The fraction of sp³-hybridized carbons (Fsp3) is 0.167. The van der Waals surface area contributed by atoms with E-state index in [9.17, 15) is 4.79 Å². The summed E-state index contributed by atoms with van der Waals surface area (Å²) in [4.78, 5) is 19.4. The molecular formula is C24H21N3OS. The molecule has 5 rings (SSSR count). The summed E-state index contributed by atoms with van der Waals surface area (Å²) in [6.45, 7) is 0. The highest BCUT2D eigenvalue weighted by Crippen LogP contribution is 2.40. The van der Waals surface area contributed by atoms with Crippen LogP contribution in [0.4, 0.5) is 10.7 Å². The van der Waals surface area contributed by atoms with Crippen LogP contribution < -0.4 is 11.1 Å². The Balaban J connectivity index is 1.57. The number of thiophene rings is 1. The molecule has 0 saturated carbocycles. The summed E-state index contributed by atoms with van der Waals surface area (Å²) in [6, 6.07) is 19.6. The summed E-state index contributed by atoms with van der Waals surface area (Å²) in [5.74, 6) is -0.147. The molecule has 5 heteroatoms. The summed E-state index contributed by atoms with van der Waals surface area (Å²) in [5, 5.41) is 4.69. The minimum absolute atomic E-state index is 0.147. The maximum absolute atomic E-state index is 13.3. The van der Waals surface area contributed by atoms with E-state index in [0.29, 0.717) is 5.56 Å². The van der Waals surface area contributed by atoms with Gasteiger partial charge in [0, 0.05) is 15.8 Å². The molecule has 0 saturated heterocycles. The Hall–Kier alpha value is -3.18. The molecule has 2 aromatic heterocycles. The van der Waals surface area contributed by atoms with Crippen LogP contribution in [0.5, 0.6) is 0 Å². The first kappa shape index (κ1) is 17.9. The van der Waals surface area contributed by atoms with E-state index in [-0.39, 0.29) is 5.91 Å². The Labute approximate surface area is 173 Å². The van der Waals surface area contributed by atoms with Crippen LogP contribution in [-0.2, 0) is 12.8 Å². The van der Waals surface area contributed by atoms with Crippen molar-refractivity contribution < 1.29 is 4.79 Å². The van der Waals surface area contributed by atoms with Crippen molar-refractivity contribution in [3.05, 3.63) is 76.7 Å². The molecule has 0 spiro atoms. The highest BCUT2D eigenvalue weighted by molar-refractivity contribution is 7.17.